The fourth-order valence-corrected chi connectivity index (χ4v) is 1.84. The van der Waals surface area contributed by atoms with E-state index in [1.54, 1.807) is 13.0 Å². The average Bonchev–Trinajstić information content (AvgIpc) is 2.69. The van der Waals surface area contributed by atoms with Crippen molar-refractivity contribution in [2.24, 2.45) is 0 Å². The number of carbonyl (C=O) groups is 1. The molecule has 5 nitrogen and oxygen atoms in total. The minimum absolute atomic E-state index is 0.355. The molecule has 0 aliphatic heterocycles. The van der Waals surface area contributed by atoms with Crippen LogP contribution >= 0.6 is 0 Å². The normalized spacial score (nSPS) is 11.9. The van der Waals surface area contributed by atoms with Gasteiger partial charge in [0.15, 0.2) is 11.4 Å². The molecule has 0 radical (unpaired) electrons. The lowest BCUT2D eigenvalue weighted by Gasteiger charge is -2.01. The Kier molecular flexibility index (Phi) is 3.14. The number of imidazole rings is 1. The minimum atomic E-state index is -0.355. The first-order valence-electron chi connectivity index (χ1n) is 5.69. The van der Waals surface area contributed by atoms with Crippen LogP contribution in [0.1, 0.15) is 30.9 Å². The monoisotopic (exact) mass is 245 g/mol. The summed E-state index contributed by atoms with van der Waals surface area (Å²) in [6.45, 7) is 7.00. The van der Waals surface area contributed by atoms with Crippen LogP contribution in [0.25, 0.3) is 11.4 Å². The van der Waals surface area contributed by atoms with Gasteiger partial charge >= 0.3 is 5.97 Å². The Morgan fingerprint density at radius 3 is 2.67 bits per heavy atom. The van der Waals surface area contributed by atoms with Crippen LogP contribution in [0.15, 0.2) is 18.5 Å². The zero-order chi connectivity index (χ0) is 13.3. The molecule has 94 valence electrons. The first-order valence-corrected chi connectivity index (χ1v) is 5.69. The second kappa shape index (κ2) is 4.60. The highest BCUT2D eigenvalue weighted by atomic mass is 16.5. The van der Waals surface area contributed by atoms with Crippen LogP contribution in [0.3, 0.4) is 0 Å². The summed E-state index contributed by atoms with van der Waals surface area (Å²) in [6, 6.07) is 0. The second-order valence-corrected chi connectivity index (χ2v) is 4.07. The van der Waals surface area contributed by atoms with E-state index in [4.69, 9.17) is 4.74 Å². The topological polar surface area (TPSA) is 56.5 Å². The van der Waals surface area contributed by atoms with E-state index in [0.717, 1.165) is 17.0 Å². The number of nitrogens with zero attached hydrogens (tertiary/aromatic N) is 3. The van der Waals surface area contributed by atoms with Gasteiger partial charge in [-0.25, -0.2) is 4.98 Å². The van der Waals surface area contributed by atoms with Crippen molar-refractivity contribution < 1.29 is 9.53 Å². The van der Waals surface area contributed by atoms with Gasteiger partial charge < -0.3 is 9.14 Å². The molecule has 2 heterocycles. The summed E-state index contributed by atoms with van der Waals surface area (Å²) in [5.41, 5.74) is 3.16. The number of aryl methyl sites for hydroxylation is 2. The third-order valence-electron chi connectivity index (χ3n) is 2.49. The van der Waals surface area contributed by atoms with E-state index in [-0.39, 0.29) is 5.97 Å². The Morgan fingerprint density at radius 2 is 2.06 bits per heavy atom. The molecule has 0 unspecified atom stereocenters. The van der Waals surface area contributed by atoms with Gasteiger partial charge in [-0.1, -0.05) is 0 Å². The molecular weight excluding hydrogens is 230 g/mol. The van der Waals surface area contributed by atoms with Crippen LogP contribution in [0.4, 0.5) is 0 Å². The van der Waals surface area contributed by atoms with Crippen molar-refractivity contribution in [2.75, 3.05) is 0 Å². The van der Waals surface area contributed by atoms with Gasteiger partial charge in [-0.2, -0.15) is 0 Å². The second-order valence-electron chi connectivity index (χ2n) is 4.07. The molecule has 0 spiro atoms. The standard InChI is InChI=1S/C13H15N3O2/c1-5-12(18-10(4)17)11-7-16-6-8(2)14-9(3)13(16)15-11/h5-7H,1-4H3. The highest BCUT2D eigenvalue weighted by Crippen LogP contribution is 2.17. The van der Waals surface area contributed by atoms with Gasteiger partial charge in [0.25, 0.3) is 0 Å². The highest BCUT2D eigenvalue weighted by molar-refractivity contribution is 5.75. The molecule has 0 amide bonds. The number of allylic oxidation sites excluding steroid dienone is 1. The molecule has 0 fully saturated rings. The number of esters is 1. The third-order valence-corrected chi connectivity index (χ3v) is 2.49. The first kappa shape index (κ1) is 12.3. The Bertz CT molecular complexity index is 641. The Balaban J connectivity index is 2.53. The number of carbonyl (C=O) groups excluding carboxylic acids is 1. The van der Waals surface area contributed by atoms with Crippen molar-refractivity contribution in [3.05, 3.63) is 35.6 Å². The van der Waals surface area contributed by atoms with E-state index >= 15 is 0 Å². The predicted octanol–water partition coefficient (Wildman–Crippen LogP) is 2.27. The van der Waals surface area contributed by atoms with Crippen LogP contribution in [0.2, 0.25) is 0 Å². The lowest BCUT2D eigenvalue weighted by molar-refractivity contribution is -0.134. The Labute approximate surface area is 105 Å². The summed E-state index contributed by atoms with van der Waals surface area (Å²) in [6.07, 6.45) is 5.44. The molecule has 0 saturated carbocycles. The van der Waals surface area contributed by atoms with Gasteiger partial charge in [0.05, 0.1) is 11.4 Å². The van der Waals surface area contributed by atoms with E-state index in [1.807, 2.05) is 30.6 Å². The van der Waals surface area contributed by atoms with E-state index in [0.29, 0.717) is 11.5 Å². The summed E-state index contributed by atoms with van der Waals surface area (Å²) in [5, 5.41) is 0. The first-order chi connectivity index (χ1) is 8.51. The molecule has 0 aliphatic rings. The molecule has 2 aromatic heterocycles. The number of hydrogen-bond acceptors (Lipinski definition) is 4. The van der Waals surface area contributed by atoms with Gasteiger partial charge in [0.2, 0.25) is 0 Å². The number of fused-ring (bicyclic) bond motifs is 1. The molecule has 0 aromatic carbocycles. The summed E-state index contributed by atoms with van der Waals surface area (Å²) >= 11 is 0. The molecule has 18 heavy (non-hydrogen) atoms. The zero-order valence-corrected chi connectivity index (χ0v) is 10.9. The maximum absolute atomic E-state index is 11.0. The summed E-state index contributed by atoms with van der Waals surface area (Å²) in [5.74, 6) is 0.106. The molecule has 0 N–H and O–H groups in total. The molecule has 0 bridgehead atoms. The maximum atomic E-state index is 11.0. The molecular formula is C13H15N3O2. The SMILES string of the molecule is CC=C(OC(C)=O)c1cn2cc(C)nc(C)c2n1. The minimum Gasteiger partial charge on any atom is -0.425 e. The molecule has 0 atom stereocenters. The van der Waals surface area contributed by atoms with Crippen molar-refractivity contribution in [1.29, 1.82) is 0 Å². The summed E-state index contributed by atoms with van der Waals surface area (Å²) < 4.78 is 7.00. The van der Waals surface area contributed by atoms with Gasteiger partial charge in [0.1, 0.15) is 5.69 Å². The van der Waals surface area contributed by atoms with Gasteiger partial charge in [-0.05, 0) is 26.8 Å². The van der Waals surface area contributed by atoms with Crippen LogP contribution in [0, 0.1) is 13.8 Å². The average molecular weight is 245 g/mol. The van der Waals surface area contributed by atoms with E-state index in [9.17, 15) is 4.79 Å². The predicted molar refractivity (Wildman–Crippen MR) is 67.9 cm³/mol. The summed E-state index contributed by atoms with van der Waals surface area (Å²) in [7, 11) is 0. The Morgan fingerprint density at radius 1 is 1.33 bits per heavy atom. The van der Waals surface area contributed by atoms with Crippen LogP contribution in [-0.4, -0.2) is 20.3 Å². The van der Waals surface area contributed by atoms with Gasteiger partial charge in [-0.15, -0.1) is 0 Å². The fraction of sp³-hybridized carbons (Fsp3) is 0.308. The largest absolute Gasteiger partial charge is 0.425 e. The quantitative estimate of drug-likeness (QED) is 0.601. The van der Waals surface area contributed by atoms with Gasteiger partial charge in [0, 0.05) is 19.3 Å². The van der Waals surface area contributed by atoms with Gasteiger partial charge in [-0.3, -0.25) is 9.78 Å². The number of ether oxygens (including phenoxy) is 1. The zero-order valence-electron chi connectivity index (χ0n) is 10.9. The van der Waals surface area contributed by atoms with E-state index in [2.05, 4.69) is 9.97 Å². The third kappa shape index (κ3) is 2.25. The van der Waals surface area contributed by atoms with Crippen LogP contribution in [-0.2, 0) is 9.53 Å². The van der Waals surface area contributed by atoms with Crippen LogP contribution < -0.4 is 0 Å². The fourth-order valence-electron chi connectivity index (χ4n) is 1.84. The highest BCUT2D eigenvalue weighted by Gasteiger charge is 2.11. The van der Waals surface area contributed by atoms with Crippen molar-refractivity contribution in [1.82, 2.24) is 14.4 Å². The number of aromatic nitrogens is 3. The number of hydrogen-bond donors (Lipinski definition) is 0. The van der Waals surface area contributed by atoms with Crippen LogP contribution in [0.5, 0.6) is 0 Å². The van der Waals surface area contributed by atoms with Crippen molar-refractivity contribution in [3.8, 4) is 0 Å². The lowest BCUT2D eigenvalue weighted by Crippen LogP contribution is -1.98. The molecule has 5 heteroatoms. The number of rotatable bonds is 2. The van der Waals surface area contributed by atoms with Crippen molar-refractivity contribution >= 4 is 17.4 Å². The maximum Gasteiger partial charge on any atom is 0.308 e. The molecule has 0 saturated heterocycles. The smallest absolute Gasteiger partial charge is 0.308 e. The molecule has 2 aromatic rings. The Hall–Kier alpha value is -2.17. The van der Waals surface area contributed by atoms with E-state index in [1.165, 1.54) is 6.92 Å². The molecule has 2 rings (SSSR count). The van der Waals surface area contributed by atoms with E-state index < -0.39 is 0 Å². The molecule has 0 aliphatic carbocycles. The van der Waals surface area contributed by atoms with Crippen molar-refractivity contribution in [2.45, 2.75) is 27.7 Å². The lowest BCUT2D eigenvalue weighted by atomic mass is 10.3. The summed E-state index contributed by atoms with van der Waals surface area (Å²) in [4.78, 5) is 19.8. The van der Waals surface area contributed by atoms with Crippen molar-refractivity contribution in [3.63, 3.8) is 0 Å².